The molecule has 5 heteroatoms. The molecule has 0 atom stereocenters. The topological polar surface area (TPSA) is 69.3 Å². The number of hydrogen-bond donors (Lipinski definition) is 0. The largest absolute Gasteiger partial charge is 0.455 e. The van der Waals surface area contributed by atoms with Crippen LogP contribution in [0.25, 0.3) is 11.1 Å². The molecule has 31 heavy (non-hydrogen) atoms. The molecule has 0 radical (unpaired) electrons. The highest BCUT2D eigenvalue weighted by Crippen LogP contribution is 2.37. The Bertz CT molecular complexity index is 1180. The van der Waals surface area contributed by atoms with Crippen LogP contribution in [0.4, 0.5) is 5.69 Å². The Hall–Kier alpha value is -3.80. The minimum absolute atomic E-state index is 0.309. The van der Waals surface area contributed by atoms with Crippen molar-refractivity contribution in [3.63, 3.8) is 0 Å². The first-order valence-corrected chi connectivity index (χ1v) is 10.3. The number of benzene rings is 3. The molecule has 1 aliphatic heterocycles. The molecule has 0 aliphatic carbocycles. The Morgan fingerprint density at radius 2 is 1.45 bits per heavy atom. The molecular formula is C26H23N3O2. The summed E-state index contributed by atoms with van der Waals surface area (Å²) in [6, 6.07) is 22.2. The van der Waals surface area contributed by atoms with E-state index in [1.54, 1.807) is 12.1 Å². The van der Waals surface area contributed by atoms with Crippen molar-refractivity contribution in [2.75, 3.05) is 31.2 Å². The zero-order valence-corrected chi connectivity index (χ0v) is 17.7. The maximum Gasteiger partial charge on any atom is 0.152 e. The van der Waals surface area contributed by atoms with E-state index in [1.165, 1.54) is 5.56 Å². The molecule has 0 N–H and O–H groups in total. The van der Waals surface area contributed by atoms with Gasteiger partial charge in [-0.1, -0.05) is 35.9 Å². The Morgan fingerprint density at radius 3 is 2.10 bits per heavy atom. The number of hydrogen-bond acceptors (Lipinski definition) is 5. The third-order valence-corrected chi connectivity index (χ3v) is 5.47. The van der Waals surface area contributed by atoms with Gasteiger partial charge in [-0.25, -0.2) is 0 Å². The van der Waals surface area contributed by atoms with Crippen molar-refractivity contribution in [3.05, 3.63) is 76.9 Å². The minimum Gasteiger partial charge on any atom is -0.455 e. The lowest BCUT2D eigenvalue weighted by atomic mass is 10.0. The van der Waals surface area contributed by atoms with Gasteiger partial charge in [0, 0.05) is 19.2 Å². The first-order chi connectivity index (χ1) is 15.1. The van der Waals surface area contributed by atoms with E-state index in [0.29, 0.717) is 43.2 Å². The monoisotopic (exact) mass is 409 g/mol. The summed E-state index contributed by atoms with van der Waals surface area (Å²) < 4.78 is 11.8. The molecule has 1 saturated heterocycles. The van der Waals surface area contributed by atoms with E-state index in [4.69, 9.17) is 9.47 Å². The van der Waals surface area contributed by atoms with E-state index < -0.39 is 0 Å². The lowest BCUT2D eigenvalue weighted by Gasteiger charge is -2.30. The van der Waals surface area contributed by atoms with Crippen LogP contribution in [0.5, 0.6) is 11.5 Å². The zero-order valence-electron chi connectivity index (χ0n) is 17.7. The second-order valence-corrected chi connectivity index (χ2v) is 7.64. The number of nitriles is 2. The molecule has 5 nitrogen and oxygen atoms in total. The van der Waals surface area contributed by atoms with E-state index in [9.17, 15) is 10.5 Å². The predicted octanol–water partition coefficient (Wildman–Crippen LogP) is 5.34. The van der Waals surface area contributed by atoms with Crippen LogP contribution in [0.3, 0.4) is 0 Å². The SMILES string of the molecule is Cc1ccc(-c2ccc(Oc3cc(C#N)c(C#N)cc3N3CCOCC3)c(C)c2)cc1. The van der Waals surface area contributed by atoms with Crippen molar-refractivity contribution in [1.29, 1.82) is 10.5 Å². The molecule has 0 aromatic heterocycles. The van der Waals surface area contributed by atoms with E-state index in [0.717, 1.165) is 28.1 Å². The summed E-state index contributed by atoms with van der Waals surface area (Å²) in [6.07, 6.45) is 0. The molecule has 0 bridgehead atoms. The van der Waals surface area contributed by atoms with Gasteiger partial charge >= 0.3 is 0 Å². The second-order valence-electron chi connectivity index (χ2n) is 7.64. The number of morpholine rings is 1. The molecule has 0 amide bonds. The van der Waals surface area contributed by atoms with Gasteiger partial charge in [-0.05, 0) is 48.7 Å². The molecule has 0 saturated carbocycles. The lowest BCUT2D eigenvalue weighted by Crippen LogP contribution is -2.36. The van der Waals surface area contributed by atoms with Gasteiger partial charge < -0.3 is 14.4 Å². The van der Waals surface area contributed by atoms with Crippen molar-refractivity contribution in [1.82, 2.24) is 0 Å². The molecule has 4 rings (SSSR count). The summed E-state index contributed by atoms with van der Waals surface area (Å²) in [4.78, 5) is 2.14. The summed E-state index contributed by atoms with van der Waals surface area (Å²) in [5.74, 6) is 1.29. The van der Waals surface area contributed by atoms with Crippen molar-refractivity contribution >= 4 is 5.69 Å². The van der Waals surface area contributed by atoms with Gasteiger partial charge in [-0.15, -0.1) is 0 Å². The van der Waals surface area contributed by atoms with E-state index >= 15 is 0 Å². The van der Waals surface area contributed by atoms with Crippen molar-refractivity contribution in [3.8, 4) is 34.8 Å². The summed E-state index contributed by atoms with van der Waals surface area (Å²) in [5, 5.41) is 19.0. The fourth-order valence-corrected chi connectivity index (χ4v) is 3.69. The molecule has 1 heterocycles. The van der Waals surface area contributed by atoms with E-state index in [2.05, 4.69) is 54.3 Å². The van der Waals surface area contributed by atoms with Gasteiger partial charge in [0.2, 0.25) is 0 Å². The van der Waals surface area contributed by atoms with E-state index in [-0.39, 0.29) is 0 Å². The summed E-state index contributed by atoms with van der Waals surface area (Å²) in [5.41, 5.74) is 5.96. The number of anilines is 1. The van der Waals surface area contributed by atoms with Crippen molar-refractivity contribution in [2.45, 2.75) is 13.8 Å². The average molecular weight is 409 g/mol. The van der Waals surface area contributed by atoms with Crippen LogP contribution in [0.1, 0.15) is 22.3 Å². The maximum absolute atomic E-state index is 9.49. The standard InChI is InChI=1S/C26H23N3O2/c1-18-3-5-20(6-4-18)21-7-8-25(19(2)13-21)31-26-15-23(17-28)22(16-27)14-24(26)29-9-11-30-12-10-29/h3-8,13-15H,9-12H2,1-2H3. The molecule has 0 spiro atoms. The van der Waals surface area contributed by atoms with E-state index in [1.807, 2.05) is 19.1 Å². The molecule has 154 valence electrons. The first kappa shape index (κ1) is 20.5. The van der Waals surface area contributed by atoms with Crippen molar-refractivity contribution in [2.24, 2.45) is 0 Å². The maximum atomic E-state index is 9.49. The second kappa shape index (κ2) is 8.92. The number of nitrogens with zero attached hydrogens (tertiary/aromatic N) is 3. The Morgan fingerprint density at radius 1 is 0.806 bits per heavy atom. The molecular weight excluding hydrogens is 386 g/mol. The number of aryl methyl sites for hydroxylation is 2. The fourth-order valence-electron chi connectivity index (χ4n) is 3.69. The van der Waals surface area contributed by atoms with Gasteiger partial charge in [0.1, 0.15) is 17.9 Å². The molecule has 0 unspecified atom stereocenters. The lowest BCUT2D eigenvalue weighted by molar-refractivity contribution is 0.122. The third-order valence-electron chi connectivity index (χ3n) is 5.47. The normalized spacial score (nSPS) is 13.4. The molecule has 1 aliphatic rings. The van der Waals surface area contributed by atoms with Crippen LogP contribution >= 0.6 is 0 Å². The van der Waals surface area contributed by atoms with Gasteiger partial charge in [0.25, 0.3) is 0 Å². The fraction of sp³-hybridized carbons (Fsp3) is 0.231. The Kier molecular flexibility index (Phi) is 5.89. The Labute approximate surface area is 182 Å². The highest BCUT2D eigenvalue weighted by molar-refractivity contribution is 5.69. The van der Waals surface area contributed by atoms with Crippen molar-refractivity contribution < 1.29 is 9.47 Å². The van der Waals surface area contributed by atoms with Crippen LogP contribution in [-0.4, -0.2) is 26.3 Å². The summed E-state index contributed by atoms with van der Waals surface area (Å²) >= 11 is 0. The number of rotatable bonds is 4. The number of ether oxygens (including phenoxy) is 2. The highest BCUT2D eigenvalue weighted by Gasteiger charge is 2.20. The Balaban J connectivity index is 1.70. The summed E-state index contributed by atoms with van der Waals surface area (Å²) in [6.45, 7) is 6.73. The van der Waals surface area contributed by atoms with Crippen LogP contribution in [0.2, 0.25) is 0 Å². The van der Waals surface area contributed by atoms with Gasteiger partial charge in [-0.3, -0.25) is 0 Å². The zero-order chi connectivity index (χ0) is 21.8. The van der Waals surface area contributed by atoms with Gasteiger partial charge in [0.15, 0.2) is 5.75 Å². The summed E-state index contributed by atoms with van der Waals surface area (Å²) in [7, 11) is 0. The smallest absolute Gasteiger partial charge is 0.152 e. The van der Waals surface area contributed by atoms with Gasteiger partial charge in [-0.2, -0.15) is 10.5 Å². The molecule has 3 aromatic rings. The van der Waals surface area contributed by atoms with Crippen LogP contribution in [0, 0.1) is 36.5 Å². The van der Waals surface area contributed by atoms with Crippen LogP contribution < -0.4 is 9.64 Å². The molecule has 1 fully saturated rings. The van der Waals surface area contributed by atoms with Crippen LogP contribution in [-0.2, 0) is 4.74 Å². The minimum atomic E-state index is 0.309. The van der Waals surface area contributed by atoms with Gasteiger partial charge in [0.05, 0.1) is 30.0 Å². The average Bonchev–Trinajstić information content (AvgIpc) is 2.81. The third kappa shape index (κ3) is 4.38. The van der Waals surface area contributed by atoms with Crippen LogP contribution in [0.15, 0.2) is 54.6 Å². The highest BCUT2D eigenvalue weighted by atomic mass is 16.5. The molecule has 3 aromatic carbocycles. The first-order valence-electron chi connectivity index (χ1n) is 10.3. The predicted molar refractivity (Wildman–Crippen MR) is 120 cm³/mol. The quantitative estimate of drug-likeness (QED) is 0.581.